The van der Waals surface area contributed by atoms with Gasteiger partial charge in [0.25, 0.3) is 0 Å². The average molecular weight is 451 g/mol. The molecular formula is C30H30N2O2. The number of nitrogens with one attached hydrogen (secondary N) is 1. The Hall–Kier alpha value is -3.76. The van der Waals surface area contributed by atoms with Gasteiger partial charge in [-0.25, -0.2) is 0 Å². The number of ether oxygens (including phenoxy) is 1. The first-order valence-electron chi connectivity index (χ1n) is 11.9. The number of anilines is 3. The van der Waals surface area contributed by atoms with Crippen molar-refractivity contribution in [1.82, 2.24) is 0 Å². The minimum Gasteiger partial charge on any atom is -0.457 e. The van der Waals surface area contributed by atoms with Crippen LogP contribution in [-0.2, 0) is 6.61 Å². The summed E-state index contributed by atoms with van der Waals surface area (Å²) >= 11 is 0. The van der Waals surface area contributed by atoms with E-state index in [1.54, 1.807) is 0 Å². The largest absolute Gasteiger partial charge is 0.457 e. The highest BCUT2D eigenvalue weighted by Crippen LogP contribution is 2.49. The first-order valence-corrected chi connectivity index (χ1v) is 11.9. The van der Waals surface area contributed by atoms with E-state index < -0.39 is 0 Å². The molecule has 34 heavy (non-hydrogen) atoms. The Labute approximate surface area is 201 Å². The summed E-state index contributed by atoms with van der Waals surface area (Å²) in [7, 11) is 0. The highest BCUT2D eigenvalue weighted by Gasteiger charge is 2.31. The van der Waals surface area contributed by atoms with Gasteiger partial charge in [-0.3, -0.25) is 0 Å². The summed E-state index contributed by atoms with van der Waals surface area (Å²) in [6, 6.07) is 31.1. The second kappa shape index (κ2) is 9.62. The minimum absolute atomic E-state index is 0.00230. The van der Waals surface area contributed by atoms with Gasteiger partial charge in [-0.2, -0.15) is 0 Å². The standard InChI is InChI=1S/C30H30N2O2/c1-3-32(4-2)24-15-16-26-29(19-24)34-28-17-14-23(31-22-11-6-5-7-12-22)18-27(28)30(26)25-13-9-8-10-21(25)20-33/h5-19,30-31,33H,3-4,20H2,1-2H3. The Morgan fingerprint density at radius 1 is 0.735 bits per heavy atom. The lowest BCUT2D eigenvalue weighted by molar-refractivity contribution is 0.280. The first kappa shape index (κ1) is 22.1. The van der Waals surface area contributed by atoms with E-state index in [0.29, 0.717) is 0 Å². The first-order chi connectivity index (χ1) is 16.7. The molecule has 5 rings (SSSR count). The Morgan fingerprint density at radius 3 is 2.26 bits per heavy atom. The normalized spacial score (nSPS) is 14.0. The molecule has 1 unspecified atom stereocenters. The van der Waals surface area contributed by atoms with Crippen LogP contribution in [0.4, 0.5) is 17.1 Å². The van der Waals surface area contributed by atoms with Crippen molar-refractivity contribution >= 4 is 17.1 Å². The highest BCUT2D eigenvalue weighted by molar-refractivity contribution is 5.68. The molecule has 0 spiro atoms. The maximum absolute atomic E-state index is 10.1. The van der Waals surface area contributed by atoms with Crippen LogP contribution < -0.4 is 15.0 Å². The summed E-state index contributed by atoms with van der Waals surface area (Å²) in [6.07, 6.45) is 0. The highest BCUT2D eigenvalue weighted by atomic mass is 16.5. The molecule has 0 fully saturated rings. The van der Waals surface area contributed by atoms with Crippen molar-refractivity contribution in [1.29, 1.82) is 0 Å². The summed E-state index contributed by atoms with van der Waals surface area (Å²) < 4.78 is 6.47. The molecule has 2 N–H and O–H groups in total. The maximum Gasteiger partial charge on any atom is 0.133 e. The molecule has 0 saturated heterocycles. The molecule has 172 valence electrons. The Kier molecular flexibility index (Phi) is 6.24. The van der Waals surface area contributed by atoms with Gasteiger partial charge < -0.3 is 20.1 Å². The molecule has 0 saturated carbocycles. The van der Waals surface area contributed by atoms with Gasteiger partial charge in [-0.1, -0.05) is 48.5 Å². The van der Waals surface area contributed by atoms with E-state index in [4.69, 9.17) is 4.74 Å². The number of hydrogen-bond donors (Lipinski definition) is 2. The fraction of sp³-hybridized carbons (Fsp3) is 0.200. The molecule has 0 aliphatic carbocycles. The van der Waals surface area contributed by atoms with E-state index in [1.165, 1.54) is 0 Å². The van der Waals surface area contributed by atoms with E-state index in [0.717, 1.165) is 63.9 Å². The van der Waals surface area contributed by atoms with Crippen LogP contribution in [0.2, 0.25) is 0 Å². The number of rotatable bonds is 7. The van der Waals surface area contributed by atoms with Gasteiger partial charge in [-0.05, 0) is 61.4 Å². The molecule has 4 aromatic carbocycles. The Bertz CT molecular complexity index is 1280. The monoisotopic (exact) mass is 450 g/mol. The zero-order valence-corrected chi connectivity index (χ0v) is 19.7. The second-order valence-electron chi connectivity index (χ2n) is 8.53. The van der Waals surface area contributed by atoms with Crippen LogP contribution in [0.5, 0.6) is 11.5 Å². The van der Waals surface area contributed by atoms with Crippen LogP contribution in [0, 0.1) is 0 Å². The third kappa shape index (κ3) is 4.13. The van der Waals surface area contributed by atoms with Gasteiger partial charge in [-0.15, -0.1) is 0 Å². The number of para-hydroxylation sites is 1. The van der Waals surface area contributed by atoms with Gasteiger partial charge in [0.2, 0.25) is 0 Å². The molecule has 0 amide bonds. The Balaban J connectivity index is 1.64. The number of aliphatic hydroxyl groups excluding tert-OH is 1. The number of benzene rings is 4. The smallest absolute Gasteiger partial charge is 0.133 e. The van der Waals surface area contributed by atoms with Crippen LogP contribution in [-0.4, -0.2) is 18.2 Å². The molecule has 1 aliphatic heterocycles. The molecule has 1 heterocycles. The quantitative estimate of drug-likeness (QED) is 0.279. The number of hydrogen-bond acceptors (Lipinski definition) is 4. The van der Waals surface area contributed by atoms with Crippen LogP contribution in [0.25, 0.3) is 0 Å². The van der Waals surface area contributed by atoms with E-state index >= 15 is 0 Å². The van der Waals surface area contributed by atoms with Crippen molar-refractivity contribution in [3.8, 4) is 11.5 Å². The van der Waals surface area contributed by atoms with Crippen molar-refractivity contribution in [2.24, 2.45) is 0 Å². The molecule has 4 aromatic rings. The van der Waals surface area contributed by atoms with Gasteiger partial charge in [0.15, 0.2) is 0 Å². The number of fused-ring (bicyclic) bond motifs is 2. The third-order valence-corrected chi connectivity index (χ3v) is 6.58. The molecule has 1 atom stereocenters. The summed E-state index contributed by atoms with van der Waals surface area (Å²) in [5.74, 6) is 1.68. The van der Waals surface area contributed by atoms with Crippen LogP contribution in [0.1, 0.15) is 42.0 Å². The van der Waals surface area contributed by atoms with Crippen molar-refractivity contribution in [3.63, 3.8) is 0 Å². The molecule has 0 radical (unpaired) electrons. The second-order valence-corrected chi connectivity index (χ2v) is 8.53. The van der Waals surface area contributed by atoms with E-state index in [2.05, 4.69) is 72.6 Å². The van der Waals surface area contributed by atoms with E-state index in [9.17, 15) is 5.11 Å². The minimum atomic E-state index is -0.0367. The molecule has 4 heteroatoms. The van der Waals surface area contributed by atoms with E-state index in [-0.39, 0.29) is 12.5 Å². The summed E-state index contributed by atoms with van der Waals surface area (Å²) in [4.78, 5) is 2.32. The summed E-state index contributed by atoms with van der Waals surface area (Å²) in [5.41, 5.74) is 7.43. The van der Waals surface area contributed by atoms with Gasteiger partial charge in [0, 0.05) is 53.3 Å². The van der Waals surface area contributed by atoms with Crippen LogP contribution >= 0.6 is 0 Å². The predicted octanol–water partition coefficient (Wildman–Crippen LogP) is 7.05. The van der Waals surface area contributed by atoms with Crippen LogP contribution in [0.15, 0.2) is 91.0 Å². The fourth-order valence-electron chi connectivity index (χ4n) is 4.85. The van der Waals surface area contributed by atoms with Crippen molar-refractivity contribution in [2.75, 3.05) is 23.3 Å². The van der Waals surface area contributed by atoms with Gasteiger partial charge >= 0.3 is 0 Å². The summed E-state index contributed by atoms with van der Waals surface area (Å²) in [6.45, 7) is 6.22. The maximum atomic E-state index is 10.1. The molecule has 1 aliphatic rings. The topological polar surface area (TPSA) is 44.7 Å². The molecule has 0 aromatic heterocycles. The van der Waals surface area contributed by atoms with Crippen molar-refractivity contribution in [3.05, 3.63) is 113 Å². The van der Waals surface area contributed by atoms with Gasteiger partial charge in [0.1, 0.15) is 11.5 Å². The van der Waals surface area contributed by atoms with E-state index in [1.807, 2.05) is 42.5 Å². The zero-order valence-electron chi connectivity index (χ0n) is 19.7. The lowest BCUT2D eigenvalue weighted by atomic mass is 9.80. The van der Waals surface area contributed by atoms with Crippen molar-refractivity contribution in [2.45, 2.75) is 26.4 Å². The SMILES string of the molecule is CCN(CC)c1ccc2c(c1)Oc1ccc(Nc3ccccc3)cc1C2c1ccccc1CO. The van der Waals surface area contributed by atoms with Crippen molar-refractivity contribution < 1.29 is 9.84 Å². The third-order valence-electron chi connectivity index (χ3n) is 6.58. The summed E-state index contributed by atoms with van der Waals surface area (Å²) in [5, 5.41) is 13.6. The number of aliphatic hydroxyl groups is 1. The Morgan fingerprint density at radius 2 is 1.50 bits per heavy atom. The molecular weight excluding hydrogens is 420 g/mol. The van der Waals surface area contributed by atoms with Crippen LogP contribution in [0.3, 0.4) is 0 Å². The predicted molar refractivity (Wildman–Crippen MR) is 140 cm³/mol. The lowest BCUT2D eigenvalue weighted by Gasteiger charge is -2.32. The van der Waals surface area contributed by atoms with Gasteiger partial charge in [0.05, 0.1) is 6.61 Å². The number of nitrogens with zero attached hydrogens (tertiary/aromatic N) is 1. The molecule has 4 nitrogen and oxygen atoms in total. The molecule has 0 bridgehead atoms. The average Bonchev–Trinajstić information content (AvgIpc) is 2.88. The zero-order chi connectivity index (χ0) is 23.5. The fourth-order valence-corrected chi connectivity index (χ4v) is 4.85. The lowest BCUT2D eigenvalue weighted by Crippen LogP contribution is -2.22.